The molecule has 0 aliphatic carbocycles. The molecule has 7 nitrogen and oxygen atoms in total. The first-order valence-corrected chi connectivity index (χ1v) is 9.88. The van der Waals surface area contributed by atoms with Crippen LogP contribution in [-0.4, -0.2) is 42.0 Å². The number of amides is 1. The normalized spacial score (nSPS) is 14.3. The van der Waals surface area contributed by atoms with Crippen LogP contribution in [0.25, 0.3) is 6.08 Å². The van der Waals surface area contributed by atoms with Crippen LogP contribution in [0.2, 0.25) is 5.02 Å². The first-order valence-electron chi connectivity index (χ1n) is 8.68. The van der Waals surface area contributed by atoms with Gasteiger partial charge < -0.3 is 9.64 Å². The lowest BCUT2D eigenvalue weighted by molar-refractivity contribution is -0.387. The molecule has 1 amide bonds. The standard InChI is InChI=1S/C20H16ClN3O4S/c21-16-2-4-17(5-3-16)29-19-6-1-14(12-18(19)24(26)27)11-15(13-22)20(25)23-7-9-28-10-8-23/h1-6,11-12H,7-10H2. The molecular weight excluding hydrogens is 414 g/mol. The lowest BCUT2D eigenvalue weighted by Gasteiger charge is -2.26. The van der Waals surface area contributed by atoms with E-state index in [-0.39, 0.29) is 11.3 Å². The Balaban J connectivity index is 1.87. The molecule has 0 bridgehead atoms. The van der Waals surface area contributed by atoms with E-state index in [0.29, 0.717) is 41.8 Å². The number of carbonyl (C=O) groups is 1. The summed E-state index contributed by atoms with van der Waals surface area (Å²) in [6.07, 6.45) is 1.38. The third kappa shape index (κ3) is 5.35. The van der Waals surface area contributed by atoms with E-state index in [0.717, 1.165) is 4.90 Å². The predicted octanol–water partition coefficient (Wildman–Crippen LogP) is 4.17. The van der Waals surface area contributed by atoms with Crippen molar-refractivity contribution in [3.05, 3.63) is 68.7 Å². The first kappa shape index (κ1) is 20.9. The molecule has 1 fully saturated rings. The molecule has 9 heteroatoms. The third-order valence-electron chi connectivity index (χ3n) is 4.18. The second-order valence-electron chi connectivity index (χ2n) is 6.11. The predicted molar refractivity (Wildman–Crippen MR) is 110 cm³/mol. The van der Waals surface area contributed by atoms with E-state index in [1.165, 1.54) is 28.8 Å². The second kappa shape index (κ2) is 9.56. The molecule has 0 aromatic heterocycles. The van der Waals surface area contributed by atoms with E-state index in [9.17, 15) is 20.2 Å². The van der Waals surface area contributed by atoms with E-state index in [1.807, 2.05) is 6.07 Å². The molecule has 1 heterocycles. The van der Waals surface area contributed by atoms with Gasteiger partial charge in [0.05, 0.1) is 23.0 Å². The number of rotatable bonds is 5. The summed E-state index contributed by atoms with van der Waals surface area (Å²) in [5.74, 6) is -0.405. The Morgan fingerprint density at radius 3 is 2.55 bits per heavy atom. The molecule has 148 valence electrons. The average Bonchev–Trinajstić information content (AvgIpc) is 2.74. The molecule has 29 heavy (non-hydrogen) atoms. The Hall–Kier alpha value is -2.86. The minimum absolute atomic E-state index is 0.0701. The number of halogens is 1. The van der Waals surface area contributed by atoms with E-state index >= 15 is 0 Å². The van der Waals surface area contributed by atoms with Crippen LogP contribution in [0.15, 0.2) is 57.8 Å². The maximum absolute atomic E-state index is 12.5. The Bertz CT molecular complexity index is 996. The molecule has 2 aromatic carbocycles. The van der Waals surface area contributed by atoms with E-state index in [2.05, 4.69) is 0 Å². The first-order chi connectivity index (χ1) is 14.0. The Kier molecular flexibility index (Phi) is 6.88. The molecule has 3 rings (SSSR count). The monoisotopic (exact) mass is 429 g/mol. The van der Waals surface area contributed by atoms with Gasteiger partial charge in [-0.05, 0) is 42.0 Å². The summed E-state index contributed by atoms with van der Waals surface area (Å²) in [6.45, 7) is 1.67. The molecular formula is C20H16ClN3O4S. The maximum atomic E-state index is 12.5. The number of hydrogen-bond donors (Lipinski definition) is 0. The van der Waals surface area contributed by atoms with Gasteiger partial charge in [-0.3, -0.25) is 14.9 Å². The zero-order valence-corrected chi connectivity index (χ0v) is 16.8. The highest BCUT2D eigenvalue weighted by atomic mass is 35.5. The van der Waals surface area contributed by atoms with Crippen LogP contribution >= 0.6 is 23.4 Å². The van der Waals surface area contributed by atoms with Gasteiger partial charge in [-0.25, -0.2) is 0 Å². The third-order valence-corrected chi connectivity index (χ3v) is 5.51. The molecule has 0 radical (unpaired) electrons. The van der Waals surface area contributed by atoms with Crippen molar-refractivity contribution in [3.63, 3.8) is 0 Å². The second-order valence-corrected chi connectivity index (χ2v) is 7.67. The fourth-order valence-electron chi connectivity index (χ4n) is 2.73. The molecule has 2 aromatic rings. The number of hydrogen-bond acceptors (Lipinski definition) is 6. The molecule has 0 unspecified atom stereocenters. The summed E-state index contributed by atoms with van der Waals surface area (Å²) < 4.78 is 5.21. The Labute approximate surface area is 176 Å². The van der Waals surface area contributed by atoms with Crippen molar-refractivity contribution < 1.29 is 14.5 Å². The zero-order chi connectivity index (χ0) is 20.8. The van der Waals surface area contributed by atoms with E-state index in [4.69, 9.17) is 16.3 Å². The zero-order valence-electron chi connectivity index (χ0n) is 15.2. The highest BCUT2D eigenvalue weighted by Gasteiger charge is 2.21. The lowest BCUT2D eigenvalue weighted by Crippen LogP contribution is -2.41. The van der Waals surface area contributed by atoms with Crippen molar-refractivity contribution in [1.82, 2.24) is 4.90 Å². The van der Waals surface area contributed by atoms with Crippen molar-refractivity contribution in [2.75, 3.05) is 26.3 Å². The molecule has 0 saturated carbocycles. The van der Waals surface area contributed by atoms with Gasteiger partial charge in [0, 0.05) is 29.1 Å². The number of carbonyl (C=O) groups excluding carboxylic acids is 1. The van der Waals surface area contributed by atoms with Gasteiger partial charge in [-0.1, -0.05) is 29.4 Å². The van der Waals surface area contributed by atoms with Crippen molar-refractivity contribution in [3.8, 4) is 6.07 Å². The van der Waals surface area contributed by atoms with Gasteiger partial charge >= 0.3 is 0 Å². The largest absolute Gasteiger partial charge is 0.378 e. The van der Waals surface area contributed by atoms with Crippen LogP contribution in [0.5, 0.6) is 0 Å². The van der Waals surface area contributed by atoms with E-state index < -0.39 is 10.8 Å². The molecule has 0 atom stereocenters. The van der Waals surface area contributed by atoms with Crippen molar-refractivity contribution >= 4 is 41.0 Å². The Morgan fingerprint density at radius 1 is 1.24 bits per heavy atom. The van der Waals surface area contributed by atoms with Gasteiger partial charge in [-0.2, -0.15) is 5.26 Å². The SMILES string of the molecule is N#CC(=Cc1ccc(Sc2ccc(Cl)cc2)c([N+](=O)[O-])c1)C(=O)N1CCOCC1. The van der Waals surface area contributed by atoms with Crippen molar-refractivity contribution in [2.24, 2.45) is 0 Å². The number of ether oxygens (including phenoxy) is 1. The van der Waals surface area contributed by atoms with Crippen LogP contribution in [0.4, 0.5) is 5.69 Å². The number of morpholine rings is 1. The van der Waals surface area contributed by atoms with Crippen LogP contribution < -0.4 is 0 Å². The van der Waals surface area contributed by atoms with Gasteiger partial charge in [0.1, 0.15) is 11.6 Å². The highest BCUT2D eigenvalue weighted by molar-refractivity contribution is 7.99. The Morgan fingerprint density at radius 2 is 1.93 bits per heavy atom. The van der Waals surface area contributed by atoms with Gasteiger partial charge in [0.2, 0.25) is 0 Å². The number of benzene rings is 2. The molecule has 0 N–H and O–H groups in total. The number of nitrogens with zero attached hydrogens (tertiary/aromatic N) is 3. The fourth-order valence-corrected chi connectivity index (χ4v) is 3.75. The van der Waals surface area contributed by atoms with Crippen LogP contribution in [0.1, 0.15) is 5.56 Å². The van der Waals surface area contributed by atoms with Crippen LogP contribution in [-0.2, 0) is 9.53 Å². The van der Waals surface area contributed by atoms with Gasteiger partial charge in [-0.15, -0.1) is 0 Å². The number of nitriles is 1. The average molecular weight is 430 g/mol. The summed E-state index contributed by atoms with van der Waals surface area (Å²) in [7, 11) is 0. The maximum Gasteiger partial charge on any atom is 0.283 e. The van der Waals surface area contributed by atoms with Crippen molar-refractivity contribution in [2.45, 2.75) is 9.79 Å². The fraction of sp³-hybridized carbons (Fsp3) is 0.200. The quantitative estimate of drug-likeness (QED) is 0.306. The molecule has 1 saturated heterocycles. The summed E-state index contributed by atoms with van der Waals surface area (Å²) in [5.41, 5.74) is 0.240. The number of nitro groups is 1. The van der Waals surface area contributed by atoms with Gasteiger partial charge in [0.15, 0.2) is 0 Å². The molecule has 1 aliphatic heterocycles. The van der Waals surface area contributed by atoms with E-state index in [1.54, 1.807) is 36.4 Å². The number of nitro benzene ring substituents is 1. The topological polar surface area (TPSA) is 96.5 Å². The summed E-state index contributed by atoms with van der Waals surface area (Å²) in [4.78, 5) is 26.4. The summed E-state index contributed by atoms with van der Waals surface area (Å²) in [5, 5.41) is 21.5. The molecule has 0 spiro atoms. The van der Waals surface area contributed by atoms with Crippen LogP contribution in [0.3, 0.4) is 0 Å². The minimum Gasteiger partial charge on any atom is -0.378 e. The summed E-state index contributed by atoms with van der Waals surface area (Å²) in [6, 6.07) is 13.5. The van der Waals surface area contributed by atoms with Crippen molar-refractivity contribution in [1.29, 1.82) is 5.26 Å². The summed E-state index contributed by atoms with van der Waals surface area (Å²) >= 11 is 7.11. The van der Waals surface area contributed by atoms with Gasteiger partial charge in [0.25, 0.3) is 11.6 Å². The minimum atomic E-state index is -0.481. The van der Waals surface area contributed by atoms with Crippen LogP contribution in [0, 0.1) is 21.4 Å². The molecule has 1 aliphatic rings. The highest BCUT2D eigenvalue weighted by Crippen LogP contribution is 2.36. The lowest BCUT2D eigenvalue weighted by atomic mass is 10.1. The smallest absolute Gasteiger partial charge is 0.283 e.